The Morgan fingerprint density at radius 2 is 1.76 bits per heavy atom. The number of carbonyl (C=O) groups excluding carboxylic acids is 1. The van der Waals surface area contributed by atoms with Gasteiger partial charge in [0, 0.05) is 71.5 Å². The molecule has 46 heavy (non-hydrogen) atoms. The van der Waals surface area contributed by atoms with Gasteiger partial charge < -0.3 is 29.2 Å². The Bertz CT molecular complexity index is 2020. The smallest absolute Gasteiger partial charge is 0.300 e. The molecule has 1 amide bonds. The van der Waals surface area contributed by atoms with Crippen LogP contribution in [0.25, 0.3) is 38.9 Å². The van der Waals surface area contributed by atoms with Crippen LogP contribution in [0, 0.1) is 11.8 Å². The molecule has 0 bridgehead atoms. The second-order valence-corrected chi connectivity index (χ2v) is 11.0. The van der Waals surface area contributed by atoms with E-state index in [9.17, 15) is 4.79 Å². The summed E-state index contributed by atoms with van der Waals surface area (Å²) in [6.07, 6.45) is 6.18. The van der Waals surface area contributed by atoms with Crippen molar-refractivity contribution in [3.8, 4) is 51.5 Å². The zero-order valence-electron chi connectivity index (χ0n) is 26.4. The van der Waals surface area contributed by atoms with Crippen LogP contribution in [0.3, 0.4) is 0 Å². The number of benzene rings is 2. The third kappa shape index (κ3) is 5.53. The molecule has 1 fully saturated rings. The van der Waals surface area contributed by atoms with Gasteiger partial charge in [0.1, 0.15) is 22.9 Å². The third-order valence-corrected chi connectivity index (χ3v) is 8.52. The maximum atomic E-state index is 12.6. The van der Waals surface area contributed by atoms with Crippen molar-refractivity contribution in [2.24, 2.45) is 0 Å². The summed E-state index contributed by atoms with van der Waals surface area (Å²) in [5, 5.41) is 4.33. The Morgan fingerprint density at radius 3 is 2.46 bits per heavy atom. The number of ether oxygens (including phenoxy) is 4. The predicted molar refractivity (Wildman–Crippen MR) is 181 cm³/mol. The van der Waals surface area contributed by atoms with Gasteiger partial charge in [0.15, 0.2) is 0 Å². The summed E-state index contributed by atoms with van der Waals surface area (Å²) >= 11 is 6.96. The van der Waals surface area contributed by atoms with Crippen LogP contribution in [0.5, 0.6) is 17.2 Å². The maximum Gasteiger partial charge on any atom is 0.300 e. The van der Waals surface area contributed by atoms with Crippen molar-refractivity contribution in [2.75, 3.05) is 57.8 Å². The number of imidazole rings is 1. The van der Waals surface area contributed by atoms with Crippen LogP contribution in [0.15, 0.2) is 48.9 Å². The lowest BCUT2D eigenvalue weighted by molar-refractivity contribution is -0.111. The number of rotatable bonds is 8. The molecule has 0 aliphatic carbocycles. The quantitative estimate of drug-likeness (QED) is 0.199. The van der Waals surface area contributed by atoms with Crippen molar-refractivity contribution in [3.63, 3.8) is 0 Å². The molecule has 236 valence electrons. The molecule has 0 radical (unpaired) electrons. The minimum atomic E-state index is -0.397. The van der Waals surface area contributed by atoms with Gasteiger partial charge in [-0.2, -0.15) is 0 Å². The third-order valence-electron chi connectivity index (χ3n) is 8.15. The van der Waals surface area contributed by atoms with Gasteiger partial charge in [-0.3, -0.25) is 14.2 Å². The van der Waals surface area contributed by atoms with Crippen LogP contribution >= 0.6 is 11.6 Å². The number of nitrogens with zero attached hydrogens (tertiary/aromatic N) is 4. The molecule has 3 aromatic heterocycles. The van der Waals surface area contributed by atoms with E-state index in [1.165, 1.54) is 0 Å². The lowest BCUT2D eigenvalue weighted by Gasteiger charge is -2.31. The van der Waals surface area contributed by atoms with Crippen LogP contribution in [0.2, 0.25) is 5.02 Å². The SMILES string of the molecule is CC#CC(=O)Nc1cc(-c2cc3c(cn2)cc(-c2c(Cl)c(OC)cc(OC)c2CC)c2nccn23)c(OC)cc1N1CCOCC1. The van der Waals surface area contributed by atoms with Crippen molar-refractivity contribution in [2.45, 2.75) is 20.3 Å². The van der Waals surface area contributed by atoms with E-state index >= 15 is 0 Å². The number of hydrogen-bond donors (Lipinski definition) is 1. The summed E-state index contributed by atoms with van der Waals surface area (Å²) < 4.78 is 24.8. The van der Waals surface area contributed by atoms with E-state index in [1.54, 1.807) is 34.4 Å². The van der Waals surface area contributed by atoms with E-state index in [2.05, 4.69) is 29.0 Å². The number of fused-ring (bicyclic) bond motifs is 3. The second-order valence-electron chi connectivity index (χ2n) is 10.6. The summed E-state index contributed by atoms with van der Waals surface area (Å²) in [7, 11) is 4.85. The fourth-order valence-corrected chi connectivity index (χ4v) is 6.35. The van der Waals surface area contributed by atoms with Gasteiger partial charge in [0.05, 0.1) is 62.2 Å². The average molecular weight is 640 g/mol. The van der Waals surface area contributed by atoms with Crippen molar-refractivity contribution in [3.05, 3.63) is 59.5 Å². The van der Waals surface area contributed by atoms with Crippen molar-refractivity contribution in [1.82, 2.24) is 14.4 Å². The molecule has 11 heteroatoms. The molecule has 0 spiro atoms. The molecular weight excluding hydrogens is 606 g/mol. The Hall–Kier alpha value is -4.98. The minimum absolute atomic E-state index is 0.397. The van der Waals surface area contributed by atoms with E-state index in [0.717, 1.165) is 38.9 Å². The number of morpholine rings is 1. The average Bonchev–Trinajstić information content (AvgIpc) is 3.58. The molecule has 0 saturated carbocycles. The Kier molecular flexibility index (Phi) is 8.88. The molecule has 5 aromatic rings. The van der Waals surface area contributed by atoms with Gasteiger partial charge in [0.25, 0.3) is 5.91 Å². The molecule has 1 N–H and O–H groups in total. The van der Waals surface area contributed by atoms with Gasteiger partial charge in [-0.1, -0.05) is 24.4 Å². The maximum absolute atomic E-state index is 12.6. The molecule has 4 heterocycles. The summed E-state index contributed by atoms with van der Waals surface area (Å²) in [5.74, 6) is 6.67. The van der Waals surface area contributed by atoms with Crippen LogP contribution in [-0.2, 0) is 16.0 Å². The van der Waals surface area contributed by atoms with Crippen LogP contribution in [-0.4, -0.2) is 67.9 Å². The first kappa shape index (κ1) is 31.0. The van der Waals surface area contributed by atoms with Gasteiger partial charge >= 0.3 is 0 Å². The van der Waals surface area contributed by atoms with Crippen LogP contribution in [0.4, 0.5) is 11.4 Å². The highest BCUT2D eigenvalue weighted by molar-refractivity contribution is 6.35. The van der Waals surface area contributed by atoms with E-state index in [4.69, 9.17) is 40.5 Å². The molecule has 1 saturated heterocycles. The number of carbonyl (C=O) groups is 1. The lowest BCUT2D eigenvalue weighted by Crippen LogP contribution is -2.36. The van der Waals surface area contributed by atoms with E-state index in [-0.39, 0.29) is 0 Å². The van der Waals surface area contributed by atoms with Crippen molar-refractivity contribution in [1.29, 1.82) is 0 Å². The number of halogens is 1. The monoisotopic (exact) mass is 639 g/mol. The molecule has 0 unspecified atom stereocenters. The van der Waals surface area contributed by atoms with E-state index in [1.807, 2.05) is 47.1 Å². The first-order valence-corrected chi connectivity index (χ1v) is 15.3. The summed E-state index contributed by atoms with van der Waals surface area (Å²) in [5.41, 5.74) is 7.01. The number of methoxy groups -OCH3 is 3. The van der Waals surface area contributed by atoms with Crippen molar-refractivity contribution >= 4 is 45.4 Å². The number of anilines is 2. The van der Waals surface area contributed by atoms with Crippen LogP contribution in [0.1, 0.15) is 19.4 Å². The minimum Gasteiger partial charge on any atom is -0.496 e. The Morgan fingerprint density at radius 1 is 1.00 bits per heavy atom. The van der Waals surface area contributed by atoms with Crippen molar-refractivity contribution < 1.29 is 23.7 Å². The number of nitrogens with one attached hydrogen (secondary N) is 1. The summed E-state index contributed by atoms with van der Waals surface area (Å²) in [6.45, 7) is 6.24. The van der Waals surface area contributed by atoms with Gasteiger partial charge in [-0.15, -0.1) is 0 Å². The number of hydrogen-bond acceptors (Lipinski definition) is 8. The highest BCUT2D eigenvalue weighted by Gasteiger charge is 2.24. The molecule has 10 nitrogen and oxygen atoms in total. The zero-order chi connectivity index (χ0) is 32.4. The fourth-order valence-electron chi connectivity index (χ4n) is 6.01. The molecule has 2 aromatic carbocycles. The number of pyridine rings is 2. The number of aromatic nitrogens is 3. The van der Waals surface area contributed by atoms with Gasteiger partial charge in [-0.05, 0) is 37.5 Å². The molecule has 1 aliphatic rings. The molecule has 1 aliphatic heterocycles. The van der Waals surface area contributed by atoms with Gasteiger partial charge in [-0.25, -0.2) is 4.98 Å². The second kappa shape index (κ2) is 13.2. The zero-order valence-corrected chi connectivity index (χ0v) is 27.1. The Labute approximate surface area is 272 Å². The first-order valence-electron chi connectivity index (χ1n) is 14.9. The lowest BCUT2D eigenvalue weighted by atomic mass is 9.96. The normalized spacial score (nSPS) is 13.0. The van der Waals surface area contributed by atoms with E-state index < -0.39 is 5.91 Å². The van der Waals surface area contributed by atoms with E-state index in [0.29, 0.717) is 71.9 Å². The first-order chi connectivity index (χ1) is 22.4. The summed E-state index contributed by atoms with van der Waals surface area (Å²) in [6, 6.07) is 9.67. The highest BCUT2D eigenvalue weighted by Crippen LogP contribution is 2.46. The number of amides is 1. The standard InChI is InChI=1S/C35H34ClN5O5/c1-6-8-32(42)39-26-16-23(29(43-3)18-28(26)40-11-13-46-14-12-40)25-17-27-21(20-38-25)15-24(35-37-9-10-41(27)35)33-22(7-2)30(44-4)19-31(45-5)34(33)36/h9-10,15-20H,7,11-14H2,1-5H3,(H,39,42). The predicted octanol–water partition coefficient (Wildman–Crippen LogP) is 6.26. The van der Waals surface area contributed by atoms with Crippen LogP contribution < -0.4 is 24.4 Å². The molecular formula is C35H34ClN5O5. The largest absolute Gasteiger partial charge is 0.496 e. The molecule has 6 rings (SSSR count). The van der Waals surface area contributed by atoms with Gasteiger partial charge in [0.2, 0.25) is 0 Å². The Balaban J connectivity index is 1.54. The highest BCUT2D eigenvalue weighted by atomic mass is 35.5. The molecule has 0 atom stereocenters. The summed E-state index contributed by atoms with van der Waals surface area (Å²) in [4.78, 5) is 24.4. The fraction of sp³-hybridized carbons (Fsp3) is 0.286. The topological polar surface area (TPSA) is 99.5 Å².